The van der Waals surface area contributed by atoms with Crippen LogP contribution in [-0.2, 0) is 18.4 Å². The maximum Gasteiger partial charge on any atom is 0.268 e. The van der Waals surface area contributed by atoms with E-state index in [2.05, 4.69) is 92.1 Å². The van der Waals surface area contributed by atoms with Gasteiger partial charge in [-0.05, 0) is 70.6 Å². The van der Waals surface area contributed by atoms with Crippen molar-refractivity contribution in [2.24, 2.45) is 0 Å². The van der Waals surface area contributed by atoms with Gasteiger partial charge in [0, 0.05) is 6.42 Å². The second kappa shape index (κ2) is 54.2. The number of likely N-dealkylation sites (N-methyl/N-ethyl adjacent to an activating group) is 1. The Labute approximate surface area is 451 Å². The van der Waals surface area contributed by atoms with E-state index in [9.17, 15) is 19.4 Å². The van der Waals surface area contributed by atoms with E-state index in [1.54, 1.807) is 6.08 Å². The molecule has 0 fully saturated rings. The van der Waals surface area contributed by atoms with Crippen molar-refractivity contribution in [1.29, 1.82) is 0 Å². The summed E-state index contributed by atoms with van der Waals surface area (Å²) in [6.07, 6.45) is 78.2. The van der Waals surface area contributed by atoms with Crippen LogP contribution in [0.5, 0.6) is 0 Å². The Hall–Kier alpha value is -2.58. The average molecular weight is 1040 g/mol. The highest BCUT2D eigenvalue weighted by molar-refractivity contribution is 7.45. The van der Waals surface area contributed by atoms with Crippen LogP contribution < -0.4 is 10.2 Å². The van der Waals surface area contributed by atoms with Gasteiger partial charge in [-0.2, -0.15) is 0 Å². The molecule has 0 aliphatic carbocycles. The largest absolute Gasteiger partial charge is 0.756 e. The summed E-state index contributed by atoms with van der Waals surface area (Å²) in [5.41, 5.74) is 0. The first-order valence-corrected chi connectivity index (χ1v) is 31.6. The minimum atomic E-state index is -4.63. The number of hydrogen-bond donors (Lipinski definition) is 2. The van der Waals surface area contributed by atoms with Crippen LogP contribution in [-0.4, -0.2) is 68.5 Å². The minimum absolute atomic E-state index is 0.0249. The minimum Gasteiger partial charge on any atom is -0.756 e. The number of hydrogen-bond acceptors (Lipinski definition) is 6. The molecule has 2 N–H and O–H groups in total. The van der Waals surface area contributed by atoms with Crippen LogP contribution in [0.25, 0.3) is 0 Å². The lowest BCUT2D eigenvalue weighted by Crippen LogP contribution is -2.45. The molecule has 0 aliphatic heterocycles. The molecule has 0 spiro atoms. The molecule has 3 unspecified atom stereocenters. The van der Waals surface area contributed by atoms with Gasteiger partial charge in [0.15, 0.2) is 0 Å². The van der Waals surface area contributed by atoms with Crippen molar-refractivity contribution in [2.75, 3.05) is 40.9 Å². The molecule has 1 amide bonds. The number of allylic oxidation sites excluding steroid dienone is 15. The SMILES string of the molecule is CC/C=C\C/C=C\C/C=C\C/C=C\C/C=C\C/C=C\CCC(=O)NC(COP(=O)([O-])OCC[N+](C)(C)C)C(O)/C=C/CC/C=C/CCCCCCCCCCCCCCCCCCCCCCCCCCCC. The first-order chi connectivity index (χ1) is 35.5. The van der Waals surface area contributed by atoms with E-state index in [0.29, 0.717) is 17.4 Å². The highest BCUT2D eigenvalue weighted by Crippen LogP contribution is 2.38. The van der Waals surface area contributed by atoms with Gasteiger partial charge in [-0.15, -0.1) is 0 Å². The average Bonchev–Trinajstić information content (AvgIpc) is 3.35. The van der Waals surface area contributed by atoms with Gasteiger partial charge in [0.2, 0.25) is 5.91 Å². The van der Waals surface area contributed by atoms with Crippen molar-refractivity contribution in [3.63, 3.8) is 0 Å². The van der Waals surface area contributed by atoms with Gasteiger partial charge in [-0.25, -0.2) is 0 Å². The number of phosphoric ester groups is 1. The predicted octanol–water partition coefficient (Wildman–Crippen LogP) is 18.0. The molecule has 3 atom stereocenters. The molecule has 0 aromatic rings. The number of nitrogens with one attached hydrogen (secondary N) is 1. The fraction of sp³-hybridized carbons (Fsp3) is 0.734. The number of nitrogens with zero attached hydrogens (tertiary/aromatic N) is 1. The number of phosphoric acid groups is 1. The number of carbonyl (C=O) groups is 1. The Morgan fingerprint density at radius 1 is 0.493 bits per heavy atom. The third-order valence-electron chi connectivity index (χ3n) is 13.0. The lowest BCUT2D eigenvalue weighted by molar-refractivity contribution is -0.870. The molecule has 422 valence electrons. The van der Waals surface area contributed by atoms with Gasteiger partial charge in [-0.1, -0.05) is 272 Å². The van der Waals surface area contributed by atoms with Crippen LogP contribution >= 0.6 is 7.82 Å². The number of quaternary nitrogens is 1. The van der Waals surface area contributed by atoms with E-state index in [0.717, 1.165) is 57.8 Å². The Bertz CT molecular complexity index is 1510. The summed E-state index contributed by atoms with van der Waals surface area (Å²) in [6, 6.07) is -0.952. The molecule has 0 aromatic heterocycles. The molecule has 0 saturated heterocycles. The molecule has 0 radical (unpaired) electrons. The number of aliphatic hydroxyl groups excluding tert-OH is 1. The normalized spacial score (nSPS) is 14.6. The van der Waals surface area contributed by atoms with Gasteiger partial charge < -0.3 is 28.8 Å². The predicted molar refractivity (Wildman–Crippen MR) is 316 cm³/mol. The number of amides is 1. The summed E-state index contributed by atoms with van der Waals surface area (Å²) in [6.45, 7) is 4.46. The van der Waals surface area contributed by atoms with Crippen LogP contribution in [0.3, 0.4) is 0 Å². The highest BCUT2D eigenvalue weighted by Gasteiger charge is 2.23. The van der Waals surface area contributed by atoms with E-state index in [1.165, 1.54) is 167 Å². The molecule has 73 heavy (non-hydrogen) atoms. The number of aliphatic hydroxyl groups is 1. The Morgan fingerprint density at radius 3 is 1.26 bits per heavy atom. The number of rotatable bonds is 54. The van der Waals surface area contributed by atoms with Crippen molar-refractivity contribution in [3.8, 4) is 0 Å². The van der Waals surface area contributed by atoms with Crippen LogP contribution in [0, 0.1) is 0 Å². The first kappa shape index (κ1) is 70.4. The van der Waals surface area contributed by atoms with Gasteiger partial charge in [0.05, 0.1) is 39.9 Å². The van der Waals surface area contributed by atoms with Crippen molar-refractivity contribution >= 4 is 13.7 Å². The molecule has 8 nitrogen and oxygen atoms in total. The molecule has 0 rings (SSSR count). The molecule has 0 bridgehead atoms. The van der Waals surface area contributed by atoms with Crippen LogP contribution in [0.2, 0.25) is 0 Å². The Morgan fingerprint density at radius 2 is 0.849 bits per heavy atom. The zero-order valence-electron chi connectivity index (χ0n) is 48.1. The fourth-order valence-corrected chi connectivity index (χ4v) is 9.09. The van der Waals surface area contributed by atoms with Crippen LogP contribution in [0.15, 0.2) is 97.2 Å². The van der Waals surface area contributed by atoms with E-state index in [-0.39, 0.29) is 18.9 Å². The zero-order valence-corrected chi connectivity index (χ0v) is 49.0. The van der Waals surface area contributed by atoms with Gasteiger partial charge in [0.25, 0.3) is 7.82 Å². The summed E-state index contributed by atoms with van der Waals surface area (Å²) in [7, 11) is 1.19. The van der Waals surface area contributed by atoms with Gasteiger partial charge in [-0.3, -0.25) is 9.36 Å². The standard InChI is InChI=1S/C64H115N2O6P/c1-6-8-10-12-14-16-18-20-22-24-26-27-28-29-30-31-32-33-34-35-36-37-38-40-41-43-45-47-49-51-53-55-57-63(67)62(61-72-73(69,70)71-60-59-66(3,4)5)65-64(68)58-56-54-52-50-48-46-44-42-39-25-23-21-19-17-15-13-11-9-7-2/h9,11,15,17,21,23,39,42,46-49,52,54-55,57,62-63,67H,6-8,10,12-14,16,18-20,22,24-38,40-41,43-45,50-51,53,56,58-61H2,1-5H3,(H-,65,68,69,70)/b11-9-,17-15-,23-21-,42-39-,48-46-,49-47+,54-52-,57-55+. The van der Waals surface area contributed by atoms with Crippen molar-refractivity contribution in [2.45, 2.75) is 264 Å². The quantitative estimate of drug-likeness (QED) is 0.0272. The summed E-state index contributed by atoms with van der Waals surface area (Å²) < 4.78 is 23.3. The van der Waals surface area contributed by atoms with E-state index < -0.39 is 26.6 Å². The highest BCUT2D eigenvalue weighted by atomic mass is 31.2. The summed E-state index contributed by atoms with van der Waals surface area (Å²) >= 11 is 0. The monoisotopic (exact) mass is 1040 g/mol. The molecule has 0 heterocycles. The van der Waals surface area contributed by atoms with Gasteiger partial charge >= 0.3 is 0 Å². The molecule has 0 aromatic carbocycles. The van der Waals surface area contributed by atoms with Crippen LogP contribution in [0.1, 0.15) is 251 Å². The maximum absolute atomic E-state index is 12.9. The molecular weight excluding hydrogens is 924 g/mol. The molecule has 0 aliphatic rings. The second-order valence-electron chi connectivity index (χ2n) is 21.3. The Kier molecular flexibility index (Phi) is 52.3. The zero-order chi connectivity index (χ0) is 53.5. The van der Waals surface area contributed by atoms with Gasteiger partial charge in [0.1, 0.15) is 13.2 Å². The lowest BCUT2D eigenvalue weighted by atomic mass is 10.0. The molecule has 0 saturated carbocycles. The van der Waals surface area contributed by atoms with E-state index in [1.807, 2.05) is 39.4 Å². The third-order valence-corrected chi connectivity index (χ3v) is 14.0. The lowest BCUT2D eigenvalue weighted by Gasteiger charge is -2.29. The first-order valence-electron chi connectivity index (χ1n) is 30.1. The van der Waals surface area contributed by atoms with Crippen molar-refractivity contribution < 1.29 is 32.9 Å². The number of carbonyl (C=O) groups excluding carboxylic acids is 1. The maximum atomic E-state index is 12.9. The van der Waals surface area contributed by atoms with E-state index >= 15 is 0 Å². The third kappa shape index (κ3) is 57.0. The number of unbranched alkanes of at least 4 members (excludes halogenated alkanes) is 27. The smallest absolute Gasteiger partial charge is 0.268 e. The van der Waals surface area contributed by atoms with E-state index in [4.69, 9.17) is 9.05 Å². The van der Waals surface area contributed by atoms with Crippen molar-refractivity contribution in [1.82, 2.24) is 5.32 Å². The molecular formula is C64H115N2O6P. The fourth-order valence-electron chi connectivity index (χ4n) is 8.37. The Balaban J connectivity index is 4.25. The molecule has 9 heteroatoms. The second-order valence-corrected chi connectivity index (χ2v) is 22.7. The van der Waals surface area contributed by atoms with Crippen LogP contribution in [0.4, 0.5) is 0 Å². The topological polar surface area (TPSA) is 108 Å². The summed E-state index contributed by atoms with van der Waals surface area (Å²) in [5, 5.41) is 13.8. The van der Waals surface area contributed by atoms with Crippen molar-refractivity contribution in [3.05, 3.63) is 97.2 Å². The summed E-state index contributed by atoms with van der Waals surface area (Å²) in [4.78, 5) is 25.4. The summed E-state index contributed by atoms with van der Waals surface area (Å²) in [5.74, 6) is -0.291.